The lowest BCUT2D eigenvalue weighted by Gasteiger charge is -2.27. The van der Waals surface area contributed by atoms with Crippen molar-refractivity contribution >= 4 is 17.5 Å². The first-order valence-electron chi connectivity index (χ1n) is 8.18. The van der Waals surface area contributed by atoms with Crippen LogP contribution in [0.5, 0.6) is 0 Å². The van der Waals surface area contributed by atoms with Crippen LogP contribution in [0.15, 0.2) is 24.3 Å². The molecule has 0 aromatic heterocycles. The fourth-order valence-electron chi connectivity index (χ4n) is 3.15. The Morgan fingerprint density at radius 3 is 2.55 bits per heavy atom. The van der Waals surface area contributed by atoms with Gasteiger partial charge >= 0.3 is 0 Å². The van der Waals surface area contributed by atoms with Gasteiger partial charge in [-0.25, -0.2) is 0 Å². The van der Waals surface area contributed by atoms with E-state index in [1.54, 1.807) is 0 Å². The minimum absolute atomic E-state index is 0.176. The van der Waals surface area contributed by atoms with E-state index in [0.29, 0.717) is 0 Å². The van der Waals surface area contributed by atoms with Crippen molar-refractivity contribution in [3.8, 4) is 0 Å². The van der Waals surface area contributed by atoms with E-state index in [1.165, 1.54) is 0 Å². The molecule has 22 heavy (non-hydrogen) atoms. The first-order valence-corrected chi connectivity index (χ1v) is 8.56. The molecule has 0 bridgehead atoms. The highest BCUT2D eigenvalue weighted by Gasteiger charge is 2.50. The van der Waals surface area contributed by atoms with E-state index in [9.17, 15) is 4.79 Å². The third-order valence-electron chi connectivity index (χ3n) is 4.73. The number of halogens is 1. The van der Waals surface area contributed by atoms with Crippen molar-refractivity contribution in [3.63, 3.8) is 0 Å². The van der Waals surface area contributed by atoms with Crippen LogP contribution in [-0.2, 0) is 10.2 Å². The van der Waals surface area contributed by atoms with Gasteiger partial charge in [0.1, 0.15) is 0 Å². The van der Waals surface area contributed by atoms with Crippen LogP contribution < -0.4 is 10.6 Å². The number of nitrogens with zero attached hydrogens (tertiary/aromatic N) is 1. The number of hydrogen-bond donors (Lipinski definition) is 2. The second kappa shape index (κ2) is 6.99. The highest BCUT2D eigenvalue weighted by molar-refractivity contribution is 6.30. The van der Waals surface area contributed by atoms with Crippen molar-refractivity contribution in [2.24, 2.45) is 0 Å². The SMILES string of the molecule is O=C(NCCCN1CCNCC1)C1(c2ccc(Cl)cc2)CC1. The van der Waals surface area contributed by atoms with E-state index >= 15 is 0 Å². The Bertz CT molecular complexity index is 507. The number of piperazine rings is 1. The molecule has 1 aromatic rings. The Morgan fingerprint density at radius 2 is 1.91 bits per heavy atom. The fraction of sp³-hybridized carbons (Fsp3) is 0.588. The maximum atomic E-state index is 12.5. The first kappa shape index (κ1) is 15.8. The third-order valence-corrected chi connectivity index (χ3v) is 4.98. The summed E-state index contributed by atoms with van der Waals surface area (Å²) < 4.78 is 0. The quantitative estimate of drug-likeness (QED) is 0.785. The first-order chi connectivity index (χ1) is 10.7. The minimum Gasteiger partial charge on any atom is -0.355 e. The number of nitrogens with one attached hydrogen (secondary N) is 2. The van der Waals surface area contributed by atoms with E-state index in [4.69, 9.17) is 11.6 Å². The summed E-state index contributed by atoms with van der Waals surface area (Å²) in [6.07, 6.45) is 2.90. The number of rotatable bonds is 6. The maximum Gasteiger partial charge on any atom is 0.230 e. The molecule has 3 rings (SSSR count). The molecule has 1 aliphatic carbocycles. The minimum atomic E-state index is -0.292. The van der Waals surface area contributed by atoms with Crippen LogP contribution >= 0.6 is 11.6 Å². The standard InChI is InChI=1S/C17H24ClN3O/c18-15-4-2-14(3-5-15)17(6-7-17)16(22)20-8-1-11-21-12-9-19-10-13-21/h2-5,19H,1,6-13H2,(H,20,22). The molecule has 4 nitrogen and oxygen atoms in total. The zero-order chi connectivity index (χ0) is 15.4. The van der Waals surface area contributed by atoms with Crippen molar-refractivity contribution in [2.45, 2.75) is 24.7 Å². The van der Waals surface area contributed by atoms with Crippen molar-refractivity contribution in [3.05, 3.63) is 34.9 Å². The average molecular weight is 322 g/mol. The van der Waals surface area contributed by atoms with Gasteiger partial charge in [-0.2, -0.15) is 0 Å². The third kappa shape index (κ3) is 3.62. The Labute approximate surface area is 137 Å². The lowest BCUT2D eigenvalue weighted by molar-refractivity contribution is -0.123. The number of hydrogen-bond acceptors (Lipinski definition) is 3. The van der Waals surface area contributed by atoms with Crippen LogP contribution in [0.3, 0.4) is 0 Å². The van der Waals surface area contributed by atoms with Crippen LogP contribution in [0.25, 0.3) is 0 Å². The van der Waals surface area contributed by atoms with Crippen molar-refractivity contribution in [1.82, 2.24) is 15.5 Å². The molecule has 0 atom stereocenters. The second-order valence-electron chi connectivity index (χ2n) is 6.29. The van der Waals surface area contributed by atoms with Gasteiger partial charge in [-0.3, -0.25) is 4.79 Å². The Morgan fingerprint density at radius 1 is 1.23 bits per heavy atom. The van der Waals surface area contributed by atoms with Gasteiger partial charge in [0.25, 0.3) is 0 Å². The summed E-state index contributed by atoms with van der Waals surface area (Å²) in [6.45, 7) is 6.21. The van der Waals surface area contributed by atoms with E-state index in [0.717, 1.165) is 69.1 Å². The number of carbonyl (C=O) groups is 1. The van der Waals surface area contributed by atoms with Crippen LogP contribution in [0.4, 0.5) is 0 Å². The second-order valence-corrected chi connectivity index (χ2v) is 6.73. The highest BCUT2D eigenvalue weighted by Crippen LogP contribution is 2.48. The zero-order valence-corrected chi connectivity index (χ0v) is 13.7. The molecule has 2 aliphatic rings. The van der Waals surface area contributed by atoms with Crippen LogP contribution in [0.2, 0.25) is 5.02 Å². The molecule has 1 amide bonds. The van der Waals surface area contributed by atoms with E-state index in [-0.39, 0.29) is 11.3 Å². The maximum absolute atomic E-state index is 12.5. The number of amides is 1. The zero-order valence-electron chi connectivity index (χ0n) is 12.9. The van der Waals surface area contributed by atoms with E-state index in [2.05, 4.69) is 15.5 Å². The molecule has 0 radical (unpaired) electrons. The van der Waals surface area contributed by atoms with Gasteiger partial charge in [0, 0.05) is 37.7 Å². The van der Waals surface area contributed by atoms with Gasteiger partial charge in [-0.15, -0.1) is 0 Å². The van der Waals surface area contributed by atoms with Crippen molar-refractivity contribution in [2.75, 3.05) is 39.3 Å². The topological polar surface area (TPSA) is 44.4 Å². The molecule has 5 heteroatoms. The Balaban J connectivity index is 1.44. The summed E-state index contributed by atoms with van der Waals surface area (Å²) in [6, 6.07) is 7.70. The summed E-state index contributed by atoms with van der Waals surface area (Å²) in [5, 5.41) is 7.20. The Hall–Kier alpha value is -1.10. The molecule has 1 saturated carbocycles. The van der Waals surface area contributed by atoms with Gasteiger partial charge in [0.05, 0.1) is 5.41 Å². The number of carbonyl (C=O) groups excluding carboxylic acids is 1. The molecule has 1 saturated heterocycles. The predicted octanol–water partition coefficient (Wildman–Crippen LogP) is 1.78. The molecular weight excluding hydrogens is 298 g/mol. The summed E-state index contributed by atoms with van der Waals surface area (Å²) in [7, 11) is 0. The van der Waals surface area contributed by atoms with Crippen molar-refractivity contribution in [1.29, 1.82) is 0 Å². The van der Waals surface area contributed by atoms with Gasteiger partial charge in [0.2, 0.25) is 5.91 Å². The largest absolute Gasteiger partial charge is 0.355 e. The average Bonchev–Trinajstić information content (AvgIpc) is 3.35. The summed E-state index contributed by atoms with van der Waals surface area (Å²) in [4.78, 5) is 14.9. The van der Waals surface area contributed by atoms with Gasteiger partial charge in [-0.1, -0.05) is 23.7 Å². The Kier molecular flexibility index (Phi) is 5.01. The van der Waals surface area contributed by atoms with Gasteiger partial charge in [0.15, 0.2) is 0 Å². The number of benzene rings is 1. The van der Waals surface area contributed by atoms with Crippen LogP contribution in [0, 0.1) is 0 Å². The summed E-state index contributed by atoms with van der Waals surface area (Å²) in [5.41, 5.74) is 0.802. The molecule has 1 aromatic carbocycles. The van der Waals surface area contributed by atoms with Gasteiger partial charge in [-0.05, 0) is 43.5 Å². The van der Waals surface area contributed by atoms with E-state index < -0.39 is 0 Å². The van der Waals surface area contributed by atoms with E-state index in [1.807, 2.05) is 24.3 Å². The van der Waals surface area contributed by atoms with Crippen molar-refractivity contribution < 1.29 is 4.79 Å². The molecule has 2 N–H and O–H groups in total. The normalized spacial score (nSPS) is 20.6. The lowest BCUT2D eigenvalue weighted by Crippen LogP contribution is -2.44. The molecule has 120 valence electrons. The molecule has 1 heterocycles. The predicted molar refractivity (Wildman–Crippen MR) is 89.3 cm³/mol. The molecule has 0 spiro atoms. The molecule has 2 fully saturated rings. The smallest absolute Gasteiger partial charge is 0.230 e. The molecular formula is C17H24ClN3O. The summed E-state index contributed by atoms with van der Waals surface area (Å²) in [5.74, 6) is 0.176. The van der Waals surface area contributed by atoms with Crippen LogP contribution in [-0.4, -0.2) is 50.1 Å². The molecule has 0 unspecified atom stereocenters. The van der Waals surface area contributed by atoms with Crippen LogP contribution in [0.1, 0.15) is 24.8 Å². The molecule has 1 aliphatic heterocycles. The monoisotopic (exact) mass is 321 g/mol. The van der Waals surface area contributed by atoms with Gasteiger partial charge < -0.3 is 15.5 Å². The fourth-order valence-corrected chi connectivity index (χ4v) is 3.28. The lowest BCUT2D eigenvalue weighted by atomic mass is 9.95. The highest BCUT2D eigenvalue weighted by atomic mass is 35.5. The summed E-state index contributed by atoms with van der Waals surface area (Å²) >= 11 is 5.93.